The Kier molecular flexibility index (Phi) is 7.35. The van der Waals surface area contributed by atoms with Crippen LogP contribution >= 0.6 is 0 Å². The normalized spacial score (nSPS) is 22.3. The third-order valence-electron chi connectivity index (χ3n) is 8.03. The fourth-order valence-electron chi connectivity index (χ4n) is 5.19. The van der Waals surface area contributed by atoms with Gasteiger partial charge in [-0.3, -0.25) is 4.79 Å². The summed E-state index contributed by atoms with van der Waals surface area (Å²) < 4.78 is 18.6. The Labute approximate surface area is 217 Å². The summed E-state index contributed by atoms with van der Waals surface area (Å²) in [6.07, 6.45) is 7.42. The molecule has 3 aliphatic rings. The highest BCUT2D eigenvalue weighted by atomic mass is 16.6. The molecule has 5 rings (SSSR count). The number of amides is 1. The molecule has 3 fully saturated rings. The Bertz CT molecular complexity index is 1140. The van der Waals surface area contributed by atoms with Crippen molar-refractivity contribution < 1.29 is 23.8 Å². The van der Waals surface area contributed by atoms with Crippen LogP contribution in [0.3, 0.4) is 0 Å². The lowest BCUT2D eigenvalue weighted by Gasteiger charge is -2.28. The monoisotopic (exact) mass is 511 g/mol. The first-order valence-corrected chi connectivity index (χ1v) is 13.4. The molecular formula is C27H37N5O5. The minimum atomic E-state index is -0.348. The fourth-order valence-corrected chi connectivity index (χ4v) is 5.19. The van der Waals surface area contributed by atoms with E-state index in [1.165, 1.54) is 7.11 Å². The van der Waals surface area contributed by atoms with Crippen molar-refractivity contribution in [1.29, 1.82) is 0 Å². The molecule has 3 saturated carbocycles. The van der Waals surface area contributed by atoms with Gasteiger partial charge >= 0.3 is 12.1 Å². The topological polar surface area (TPSA) is 109 Å². The first kappa shape index (κ1) is 25.5. The van der Waals surface area contributed by atoms with Crippen LogP contribution in [-0.2, 0) is 27.9 Å². The van der Waals surface area contributed by atoms with Gasteiger partial charge in [0, 0.05) is 26.1 Å². The largest absolute Gasteiger partial charge is 0.488 e. The van der Waals surface area contributed by atoms with Gasteiger partial charge in [0.05, 0.1) is 30.5 Å². The number of aromatic nitrogens is 4. The Balaban J connectivity index is 1.30. The molecule has 0 N–H and O–H groups in total. The fraction of sp³-hybridized carbons (Fsp3) is 0.667. The second kappa shape index (κ2) is 10.7. The van der Waals surface area contributed by atoms with Gasteiger partial charge < -0.3 is 19.1 Å². The van der Waals surface area contributed by atoms with E-state index >= 15 is 0 Å². The van der Waals surface area contributed by atoms with Crippen LogP contribution in [0.4, 0.5) is 4.79 Å². The molecule has 1 amide bonds. The molecule has 37 heavy (non-hydrogen) atoms. The zero-order chi connectivity index (χ0) is 26.1. The SMILES string of the molecule is COC(=O)[C@H]1CCC[C@H](Oc2ccc(-c3nnn(C)c3COC(=O)N(C)C(C)C3CC3)nc2C2CC2)C1. The Hall–Kier alpha value is -3.17. The van der Waals surface area contributed by atoms with Crippen molar-refractivity contribution in [3.05, 3.63) is 23.5 Å². The molecule has 3 atom stereocenters. The number of ether oxygens (including phenoxy) is 3. The molecule has 10 nitrogen and oxygen atoms in total. The highest BCUT2D eigenvalue weighted by Crippen LogP contribution is 2.45. The molecule has 0 aromatic carbocycles. The number of methoxy groups -OCH3 is 1. The first-order chi connectivity index (χ1) is 17.9. The molecule has 0 spiro atoms. The summed E-state index contributed by atoms with van der Waals surface area (Å²) in [5.41, 5.74) is 2.90. The van der Waals surface area contributed by atoms with Crippen LogP contribution in [0.1, 0.15) is 75.6 Å². The van der Waals surface area contributed by atoms with Crippen molar-refractivity contribution >= 4 is 12.1 Å². The molecule has 0 saturated heterocycles. The standard InChI is InChI=1S/C27H37N5O5/c1-16(17-8-9-17)31(2)27(34)36-15-22-25(29-30-32(22)3)21-12-13-23(24(28-21)18-10-11-18)37-20-7-5-6-19(14-20)26(33)35-4/h12-13,16-20H,5-11,14-15H2,1-4H3/t16?,19-,20-/m0/s1. The van der Waals surface area contributed by atoms with Crippen molar-refractivity contribution in [2.45, 2.75) is 83.0 Å². The Morgan fingerprint density at radius 2 is 1.95 bits per heavy atom. The van der Waals surface area contributed by atoms with Gasteiger partial charge in [-0.1, -0.05) is 5.21 Å². The van der Waals surface area contributed by atoms with E-state index in [0.29, 0.717) is 35.3 Å². The van der Waals surface area contributed by atoms with Gasteiger partial charge in [-0.2, -0.15) is 0 Å². The predicted octanol–water partition coefficient (Wildman–Crippen LogP) is 4.23. The predicted molar refractivity (Wildman–Crippen MR) is 135 cm³/mol. The van der Waals surface area contributed by atoms with Crippen molar-refractivity contribution in [3.8, 4) is 17.1 Å². The molecule has 0 bridgehead atoms. The number of rotatable bonds is 9. The molecule has 2 aromatic rings. The summed E-state index contributed by atoms with van der Waals surface area (Å²) in [5.74, 6) is 1.42. The van der Waals surface area contributed by atoms with Crippen LogP contribution in [0.2, 0.25) is 0 Å². The smallest absolute Gasteiger partial charge is 0.410 e. The summed E-state index contributed by atoms with van der Waals surface area (Å²) >= 11 is 0. The zero-order valence-electron chi connectivity index (χ0n) is 22.2. The third-order valence-corrected chi connectivity index (χ3v) is 8.03. The molecular weight excluding hydrogens is 474 g/mol. The van der Waals surface area contributed by atoms with Gasteiger partial charge in [-0.25, -0.2) is 14.5 Å². The lowest BCUT2D eigenvalue weighted by Crippen LogP contribution is -2.36. The van der Waals surface area contributed by atoms with Crippen LogP contribution in [-0.4, -0.2) is 63.2 Å². The number of aryl methyl sites for hydroxylation is 1. The lowest BCUT2D eigenvalue weighted by atomic mass is 9.87. The maximum absolute atomic E-state index is 12.6. The van der Waals surface area contributed by atoms with Crippen molar-refractivity contribution in [1.82, 2.24) is 24.9 Å². The maximum Gasteiger partial charge on any atom is 0.410 e. The van der Waals surface area contributed by atoms with Gasteiger partial charge in [0.1, 0.15) is 23.7 Å². The minimum absolute atomic E-state index is 0.0375. The zero-order valence-corrected chi connectivity index (χ0v) is 22.2. The summed E-state index contributed by atoms with van der Waals surface area (Å²) in [4.78, 5) is 31.3. The molecule has 10 heteroatoms. The number of esters is 1. The van der Waals surface area contributed by atoms with Gasteiger partial charge in [0.25, 0.3) is 0 Å². The number of carbonyl (C=O) groups excluding carboxylic acids is 2. The summed E-state index contributed by atoms with van der Waals surface area (Å²) in [7, 11) is 5.02. The molecule has 0 aliphatic heterocycles. The molecule has 3 aliphatic carbocycles. The minimum Gasteiger partial charge on any atom is -0.488 e. The van der Waals surface area contributed by atoms with Gasteiger partial charge in [-0.15, -0.1) is 5.10 Å². The summed E-state index contributed by atoms with van der Waals surface area (Å²) in [6.45, 7) is 2.13. The molecule has 1 unspecified atom stereocenters. The van der Waals surface area contributed by atoms with Crippen LogP contribution in [0.5, 0.6) is 5.75 Å². The average Bonchev–Trinajstić information content (AvgIpc) is 3.84. The van der Waals surface area contributed by atoms with E-state index in [-0.39, 0.29) is 36.7 Å². The first-order valence-electron chi connectivity index (χ1n) is 13.4. The lowest BCUT2D eigenvalue weighted by molar-refractivity contribution is -0.147. The van der Waals surface area contributed by atoms with Crippen LogP contribution in [0, 0.1) is 11.8 Å². The Morgan fingerprint density at radius 3 is 2.65 bits per heavy atom. The van der Waals surface area contributed by atoms with E-state index in [4.69, 9.17) is 19.2 Å². The quantitative estimate of drug-likeness (QED) is 0.460. The van der Waals surface area contributed by atoms with Crippen molar-refractivity contribution in [3.63, 3.8) is 0 Å². The van der Waals surface area contributed by atoms with E-state index in [0.717, 1.165) is 56.4 Å². The van der Waals surface area contributed by atoms with Gasteiger partial charge in [0.15, 0.2) is 0 Å². The van der Waals surface area contributed by atoms with E-state index in [2.05, 4.69) is 17.2 Å². The molecule has 2 aromatic heterocycles. The van der Waals surface area contributed by atoms with Gasteiger partial charge in [0.2, 0.25) is 0 Å². The van der Waals surface area contributed by atoms with Crippen molar-refractivity contribution in [2.24, 2.45) is 18.9 Å². The van der Waals surface area contributed by atoms with E-state index in [1.54, 1.807) is 23.7 Å². The highest BCUT2D eigenvalue weighted by molar-refractivity contribution is 5.72. The van der Waals surface area contributed by atoms with Crippen LogP contribution in [0.25, 0.3) is 11.4 Å². The third kappa shape index (κ3) is 5.72. The van der Waals surface area contributed by atoms with Gasteiger partial charge in [-0.05, 0) is 76.3 Å². The van der Waals surface area contributed by atoms with E-state index < -0.39 is 0 Å². The second-order valence-corrected chi connectivity index (χ2v) is 10.7. The second-order valence-electron chi connectivity index (χ2n) is 10.7. The maximum atomic E-state index is 12.6. The summed E-state index contributed by atoms with van der Waals surface area (Å²) in [6, 6.07) is 4.00. The van der Waals surface area contributed by atoms with Crippen LogP contribution < -0.4 is 4.74 Å². The van der Waals surface area contributed by atoms with Crippen molar-refractivity contribution in [2.75, 3.05) is 14.2 Å². The Morgan fingerprint density at radius 1 is 1.16 bits per heavy atom. The molecule has 0 radical (unpaired) electrons. The number of hydrogen-bond acceptors (Lipinski definition) is 8. The van der Waals surface area contributed by atoms with E-state index in [1.807, 2.05) is 12.1 Å². The van der Waals surface area contributed by atoms with Crippen LogP contribution in [0.15, 0.2) is 12.1 Å². The number of pyridine rings is 1. The summed E-state index contributed by atoms with van der Waals surface area (Å²) in [5, 5.41) is 8.52. The molecule has 200 valence electrons. The number of hydrogen-bond donors (Lipinski definition) is 0. The highest BCUT2D eigenvalue weighted by Gasteiger charge is 2.34. The molecule has 2 heterocycles. The number of nitrogens with zero attached hydrogens (tertiary/aromatic N) is 5. The number of carbonyl (C=O) groups is 2. The van der Waals surface area contributed by atoms with E-state index in [9.17, 15) is 9.59 Å². The average molecular weight is 512 g/mol.